The van der Waals surface area contributed by atoms with E-state index in [2.05, 4.69) is 13.0 Å². The van der Waals surface area contributed by atoms with Crippen molar-refractivity contribution in [2.75, 3.05) is 6.61 Å². The van der Waals surface area contributed by atoms with Gasteiger partial charge in [0.25, 0.3) is 0 Å². The van der Waals surface area contributed by atoms with Crippen molar-refractivity contribution in [1.82, 2.24) is 0 Å². The van der Waals surface area contributed by atoms with E-state index in [1.807, 2.05) is 32.0 Å². The predicted octanol–water partition coefficient (Wildman–Crippen LogP) is 3.03. The average Bonchev–Trinajstić information content (AvgIpc) is 2.26. The summed E-state index contributed by atoms with van der Waals surface area (Å²) in [7, 11) is 0. The minimum Gasteiger partial charge on any atom is -0.491 e. The highest BCUT2D eigenvalue weighted by atomic mass is 16.5. The van der Waals surface area contributed by atoms with Gasteiger partial charge in [-0.2, -0.15) is 0 Å². The van der Waals surface area contributed by atoms with Gasteiger partial charge < -0.3 is 9.84 Å². The maximum Gasteiger partial charge on any atom is 0.119 e. The predicted molar refractivity (Wildman–Crippen MR) is 66.8 cm³/mol. The van der Waals surface area contributed by atoms with E-state index in [0.29, 0.717) is 6.61 Å². The smallest absolute Gasteiger partial charge is 0.119 e. The lowest BCUT2D eigenvalue weighted by Crippen LogP contribution is -2.37. The van der Waals surface area contributed by atoms with E-state index in [0.717, 1.165) is 12.2 Å². The van der Waals surface area contributed by atoms with Gasteiger partial charge in [0.15, 0.2) is 0 Å². The first kappa shape index (κ1) is 13.0. The zero-order valence-electron chi connectivity index (χ0n) is 10.7. The van der Waals surface area contributed by atoms with E-state index >= 15 is 0 Å². The highest BCUT2D eigenvalue weighted by molar-refractivity contribution is 5.28. The largest absolute Gasteiger partial charge is 0.491 e. The van der Waals surface area contributed by atoms with Crippen LogP contribution < -0.4 is 4.74 Å². The maximum atomic E-state index is 10.1. The average molecular weight is 222 g/mol. The summed E-state index contributed by atoms with van der Waals surface area (Å²) in [5.74, 6) is 1.02. The molecule has 0 aliphatic rings. The normalized spacial score (nSPS) is 14.9. The van der Waals surface area contributed by atoms with Crippen LogP contribution >= 0.6 is 0 Å². The van der Waals surface area contributed by atoms with Gasteiger partial charge in [-0.3, -0.25) is 0 Å². The summed E-state index contributed by atoms with van der Waals surface area (Å²) < 4.78 is 5.62. The van der Waals surface area contributed by atoms with Crippen molar-refractivity contribution in [3.05, 3.63) is 29.8 Å². The second kappa shape index (κ2) is 5.35. The van der Waals surface area contributed by atoms with Crippen molar-refractivity contribution in [3.63, 3.8) is 0 Å². The quantitative estimate of drug-likeness (QED) is 0.829. The number of benzene rings is 1. The van der Waals surface area contributed by atoms with E-state index in [9.17, 15) is 5.11 Å². The zero-order chi connectivity index (χ0) is 12.2. The van der Waals surface area contributed by atoms with Crippen molar-refractivity contribution >= 4 is 0 Å². The van der Waals surface area contributed by atoms with Gasteiger partial charge in [0, 0.05) is 0 Å². The van der Waals surface area contributed by atoms with Crippen molar-refractivity contribution < 1.29 is 9.84 Å². The third-order valence-electron chi connectivity index (χ3n) is 3.08. The first-order chi connectivity index (χ1) is 7.45. The van der Waals surface area contributed by atoms with Gasteiger partial charge >= 0.3 is 0 Å². The fraction of sp³-hybridized carbons (Fsp3) is 0.571. The molecule has 0 fully saturated rings. The van der Waals surface area contributed by atoms with E-state index in [-0.39, 0.29) is 5.92 Å². The van der Waals surface area contributed by atoms with Gasteiger partial charge in [-0.1, -0.05) is 32.9 Å². The lowest BCUT2D eigenvalue weighted by Gasteiger charge is -2.27. The number of rotatable bonds is 5. The molecule has 0 saturated heterocycles. The Morgan fingerprint density at radius 2 is 2.06 bits per heavy atom. The number of aryl methyl sites for hydroxylation is 1. The van der Waals surface area contributed by atoms with Gasteiger partial charge in [0.2, 0.25) is 0 Å². The first-order valence-corrected chi connectivity index (χ1v) is 5.90. The molecule has 0 aliphatic carbocycles. The summed E-state index contributed by atoms with van der Waals surface area (Å²) in [4.78, 5) is 0. The summed E-state index contributed by atoms with van der Waals surface area (Å²) >= 11 is 0. The van der Waals surface area contributed by atoms with Crippen LogP contribution in [0.1, 0.15) is 33.3 Å². The molecule has 0 bridgehead atoms. The second-order valence-corrected chi connectivity index (χ2v) is 4.80. The van der Waals surface area contributed by atoms with E-state index in [1.165, 1.54) is 5.56 Å². The van der Waals surface area contributed by atoms with Crippen LogP contribution in [0.5, 0.6) is 5.75 Å². The monoisotopic (exact) mass is 222 g/mol. The molecule has 0 aliphatic heterocycles. The third kappa shape index (κ3) is 3.53. The SMILES string of the molecule is CCc1cccc(OCC(C)(O)C(C)C)c1. The summed E-state index contributed by atoms with van der Waals surface area (Å²) in [6.45, 7) is 8.24. The molecule has 0 amide bonds. The molecule has 0 heterocycles. The highest BCUT2D eigenvalue weighted by Gasteiger charge is 2.25. The molecule has 1 rings (SSSR count). The fourth-order valence-corrected chi connectivity index (χ4v) is 1.25. The summed E-state index contributed by atoms with van der Waals surface area (Å²) in [6, 6.07) is 8.01. The number of aliphatic hydroxyl groups is 1. The standard InChI is InChI=1S/C14H22O2/c1-5-12-7-6-8-13(9-12)16-10-14(4,15)11(2)3/h6-9,11,15H,5,10H2,1-4H3. The topological polar surface area (TPSA) is 29.5 Å². The Labute approximate surface area is 98.3 Å². The molecule has 16 heavy (non-hydrogen) atoms. The van der Waals surface area contributed by atoms with Crippen molar-refractivity contribution in [2.45, 2.75) is 39.7 Å². The highest BCUT2D eigenvalue weighted by Crippen LogP contribution is 2.19. The molecule has 1 aromatic carbocycles. The molecular formula is C14H22O2. The molecule has 1 N–H and O–H groups in total. The Morgan fingerprint density at radius 1 is 1.38 bits per heavy atom. The molecule has 0 radical (unpaired) electrons. The van der Waals surface area contributed by atoms with Crippen LogP contribution in [0, 0.1) is 5.92 Å². The van der Waals surface area contributed by atoms with Gasteiger partial charge in [-0.25, -0.2) is 0 Å². The molecule has 90 valence electrons. The molecule has 0 aromatic heterocycles. The van der Waals surface area contributed by atoms with Crippen LogP contribution in [0.3, 0.4) is 0 Å². The number of hydrogen-bond donors (Lipinski definition) is 1. The Bertz CT molecular complexity index is 329. The lowest BCUT2D eigenvalue weighted by atomic mass is 9.94. The summed E-state index contributed by atoms with van der Waals surface area (Å²) in [5.41, 5.74) is 0.476. The van der Waals surface area contributed by atoms with Crippen LogP contribution in [0.15, 0.2) is 24.3 Å². The molecule has 2 heteroatoms. The number of ether oxygens (including phenoxy) is 1. The molecule has 1 aromatic rings. The summed E-state index contributed by atoms with van der Waals surface area (Å²) in [6.07, 6.45) is 0.998. The van der Waals surface area contributed by atoms with Crippen LogP contribution in [0.2, 0.25) is 0 Å². The zero-order valence-corrected chi connectivity index (χ0v) is 10.7. The van der Waals surface area contributed by atoms with Crippen LogP contribution in [-0.2, 0) is 6.42 Å². The van der Waals surface area contributed by atoms with E-state index < -0.39 is 5.60 Å². The molecule has 1 atom stereocenters. The van der Waals surface area contributed by atoms with E-state index in [4.69, 9.17) is 4.74 Å². The molecule has 0 saturated carbocycles. The molecule has 1 unspecified atom stereocenters. The van der Waals surface area contributed by atoms with Gasteiger partial charge in [0.1, 0.15) is 12.4 Å². The van der Waals surface area contributed by atoms with Crippen LogP contribution in [0.4, 0.5) is 0 Å². The van der Waals surface area contributed by atoms with Gasteiger partial charge in [-0.15, -0.1) is 0 Å². The molecule has 2 nitrogen and oxygen atoms in total. The Kier molecular flexibility index (Phi) is 4.36. The van der Waals surface area contributed by atoms with Crippen molar-refractivity contribution in [1.29, 1.82) is 0 Å². The Morgan fingerprint density at radius 3 is 2.62 bits per heavy atom. The minimum absolute atomic E-state index is 0.182. The maximum absolute atomic E-state index is 10.1. The summed E-state index contributed by atoms with van der Waals surface area (Å²) in [5, 5.41) is 10.1. The van der Waals surface area contributed by atoms with Crippen LogP contribution in [-0.4, -0.2) is 17.3 Å². The van der Waals surface area contributed by atoms with Crippen molar-refractivity contribution in [2.24, 2.45) is 5.92 Å². The fourth-order valence-electron chi connectivity index (χ4n) is 1.25. The second-order valence-electron chi connectivity index (χ2n) is 4.80. The van der Waals surface area contributed by atoms with Gasteiger partial charge in [0.05, 0.1) is 5.60 Å². The Hall–Kier alpha value is -1.02. The first-order valence-electron chi connectivity index (χ1n) is 5.90. The van der Waals surface area contributed by atoms with Crippen LogP contribution in [0.25, 0.3) is 0 Å². The molecule has 0 spiro atoms. The van der Waals surface area contributed by atoms with Crippen molar-refractivity contribution in [3.8, 4) is 5.75 Å². The lowest BCUT2D eigenvalue weighted by molar-refractivity contribution is -0.0266. The molecular weight excluding hydrogens is 200 g/mol. The van der Waals surface area contributed by atoms with E-state index in [1.54, 1.807) is 6.92 Å². The minimum atomic E-state index is -0.776. The number of hydrogen-bond acceptors (Lipinski definition) is 2. The Balaban J connectivity index is 2.60. The third-order valence-corrected chi connectivity index (χ3v) is 3.08. The van der Waals surface area contributed by atoms with Gasteiger partial charge in [-0.05, 0) is 37.0 Å².